The van der Waals surface area contributed by atoms with E-state index in [4.69, 9.17) is 11.1 Å². The van der Waals surface area contributed by atoms with Crippen LogP contribution in [0.2, 0.25) is 0 Å². The molecular weight excluding hydrogens is 262 g/mol. The third-order valence-corrected chi connectivity index (χ3v) is 5.05. The van der Waals surface area contributed by atoms with Crippen LogP contribution in [0.1, 0.15) is 24.8 Å². The lowest BCUT2D eigenvalue weighted by atomic mass is 10.0. The van der Waals surface area contributed by atoms with Gasteiger partial charge in [0.1, 0.15) is 0 Å². The van der Waals surface area contributed by atoms with Gasteiger partial charge in [-0.3, -0.25) is 5.41 Å². The van der Waals surface area contributed by atoms with Crippen LogP contribution < -0.4 is 5.73 Å². The molecule has 0 bridgehead atoms. The minimum absolute atomic E-state index is 0.00171. The van der Waals surface area contributed by atoms with Crippen LogP contribution in [-0.4, -0.2) is 37.9 Å². The lowest BCUT2D eigenvalue weighted by Gasteiger charge is -2.20. The van der Waals surface area contributed by atoms with Crippen molar-refractivity contribution >= 4 is 15.9 Å². The number of hydrogen-bond donors (Lipinski definition) is 2. The number of benzene rings is 1. The summed E-state index contributed by atoms with van der Waals surface area (Å²) in [5.74, 6) is -0.00468. The third-order valence-electron chi connectivity index (χ3n) is 3.00. The fourth-order valence-electron chi connectivity index (χ4n) is 1.74. The van der Waals surface area contributed by atoms with E-state index in [1.165, 1.54) is 11.4 Å². The molecule has 0 saturated heterocycles. The summed E-state index contributed by atoms with van der Waals surface area (Å²) < 4.78 is 25.6. The molecule has 0 amide bonds. The molecule has 0 radical (unpaired) electrons. The van der Waals surface area contributed by atoms with Crippen molar-refractivity contribution in [2.75, 3.05) is 19.3 Å². The topological polar surface area (TPSA) is 87.2 Å². The predicted octanol–water partition coefficient (Wildman–Crippen LogP) is 1.38. The van der Waals surface area contributed by atoms with Gasteiger partial charge in [0.2, 0.25) is 10.0 Å². The number of nitrogens with one attached hydrogen (secondary N) is 1. The van der Waals surface area contributed by atoms with Crippen molar-refractivity contribution in [3.63, 3.8) is 0 Å². The first-order valence-electron chi connectivity index (χ1n) is 6.15. The van der Waals surface area contributed by atoms with E-state index < -0.39 is 10.0 Å². The van der Waals surface area contributed by atoms with Gasteiger partial charge in [0.25, 0.3) is 0 Å². The maximum atomic E-state index is 12.1. The van der Waals surface area contributed by atoms with Crippen LogP contribution in [0.15, 0.2) is 30.3 Å². The third kappa shape index (κ3) is 5.00. The molecule has 0 saturated carbocycles. The Morgan fingerprint density at radius 1 is 1.37 bits per heavy atom. The maximum Gasteiger partial charge on any atom is 0.214 e. The molecule has 0 fully saturated rings. The maximum absolute atomic E-state index is 12.1. The van der Waals surface area contributed by atoms with Crippen LogP contribution in [0, 0.1) is 5.41 Å². The molecule has 1 rings (SSSR count). The molecular formula is C13H21N3O2S. The highest BCUT2D eigenvalue weighted by Gasteiger charge is 2.21. The summed E-state index contributed by atoms with van der Waals surface area (Å²) in [5, 5.41) is 7.12. The fourth-order valence-corrected chi connectivity index (χ4v) is 3.19. The summed E-state index contributed by atoms with van der Waals surface area (Å²) in [4.78, 5) is 0. The Morgan fingerprint density at radius 3 is 2.47 bits per heavy atom. The molecule has 0 spiro atoms. The highest BCUT2D eigenvalue weighted by atomic mass is 32.2. The van der Waals surface area contributed by atoms with Gasteiger partial charge in [0.15, 0.2) is 0 Å². The summed E-state index contributed by atoms with van der Waals surface area (Å²) in [5.41, 5.74) is 6.24. The summed E-state index contributed by atoms with van der Waals surface area (Å²) >= 11 is 0. The smallest absolute Gasteiger partial charge is 0.214 e. The zero-order valence-electron chi connectivity index (χ0n) is 11.3. The number of nitrogens with two attached hydrogens (primary N) is 1. The number of sulfonamides is 1. The van der Waals surface area contributed by atoms with E-state index >= 15 is 0 Å². The number of amidine groups is 1. The van der Waals surface area contributed by atoms with Gasteiger partial charge >= 0.3 is 0 Å². The summed E-state index contributed by atoms with van der Waals surface area (Å²) in [6.45, 7) is 2.14. The second-order valence-electron chi connectivity index (χ2n) is 4.69. The minimum atomic E-state index is -3.32. The Labute approximate surface area is 115 Å². The molecule has 3 N–H and O–H groups in total. The molecule has 0 aliphatic rings. The number of nitrogens with zero attached hydrogens (tertiary/aromatic N) is 1. The molecule has 0 aromatic heterocycles. The largest absolute Gasteiger partial charge is 0.388 e. The van der Waals surface area contributed by atoms with Crippen molar-refractivity contribution in [1.29, 1.82) is 5.41 Å². The molecule has 0 aliphatic carbocycles. The van der Waals surface area contributed by atoms with Crippen molar-refractivity contribution in [2.24, 2.45) is 5.73 Å². The van der Waals surface area contributed by atoms with E-state index in [9.17, 15) is 8.42 Å². The van der Waals surface area contributed by atoms with Gasteiger partial charge in [-0.05, 0) is 11.5 Å². The van der Waals surface area contributed by atoms with Crippen molar-refractivity contribution in [1.82, 2.24) is 4.31 Å². The number of rotatable bonds is 7. The van der Waals surface area contributed by atoms with Gasteiger partial charge in [-0.2, -0.15) is 0 Å². The van der Waals surface area contributed by atoms with E-state index in [-0.39, 0.29) is 30.5 Å². The highest BCUT2D eigenvalue weighted by Crippen LogP contribution is 2.18. The van der Waals surface area contributed by atoms with Crippen LogP contribution >= 0.6 is 0 Å². The van der Waals surface area contributed by atoms with Gasteiger partial charge < -0.3 is 5.73 Å². The number of hydrogen-bond acceptors (Lipinski definition) is 3. The lowest BCUT2D eigenvalue weighted by Crippen LogP contribution is -2.33. The van der Waals surface area contributed by atoms with Gasteiger partial charge in [-0.25, -0.2) is 12.7 Å². The van der Waals surface area contributed by atoms with Gasteiger partial charge in [0, 0.05) is 20.0 Å². The zero-order chi connectivity index (χ0) is 14.5. The monoisotopic (exact) mass is 283 g/mol. The highest BCUT2D eigenvalue weighted by molar-refractivity contribution is 7.89. The second kappa shape index (κ2) is 6.68. The normalized spacial score (nSPS) is 13.4. The molecule has 19 heavy (non-hydrogen) atoms. The van der Waals surface area contributed by atoms with Crippen LogP contribution in [0.3, 0.4) is 0 Å². The Balaban J connectivity index is 2.66. The van der Waals surface area contributed by atoms with Gasteiger partial charge in [0.05, 0.1) is 11.6 Å². The van der Waals surface area contributed by atoms with Crippen LogP contribution in [0.5, 0.6) is 0 Å². The zero-order valence-corrected chi connectivity index (χ0v) is 12.2. The molecule has 1 atom stereocenters. The average Bonchev–Trinajstić information content (AvgIpc) is 2.36. The van der Waals surface area contributed by atoms with Crippen molar-refractivity contribution in [3.05, 3.63) is 35.9 Å². The first-order valence-corrected chi connectivity index (χ1v) is 7.75. The van der Waals surface area contributed by atoms with Crippen LogP contribution in [0.25, 0.3) is 0 Å². The predicted molar refractivity (Wildman–Crippen MR) is 77.8 cm³/mol. The minimum Gasteiger partial charge on any atom is -0.388 e. The average molecular weight is 283 g/mol. The molecule has 0 aliphatic heterocycles. The first-order chi connectivity index (χ1) is 8.83. The van der Waals surface area contributed by atoms with E-state index in [0.717, 1.165) is 5.56 Å². The Morgan fingerprint density at radius 2 is 1.95 bits per heavy atom. The van der Waals surface area contributed by atoms with Crippen molar-refractivity contribution in [3.8, 4) is 0 Å². The van der Waals surface area contributed by atoms with E-state index in [1.807, 2.05) is 37.3 Å². The Bertz CT molecular complexity index is 514. The summed E-state index contributed by atoms with van der Waals surface area (Å²) in [6, 6.07) is 9.56. The van der Waals surface area contributed by atoms with Crippen molar-refractivity contribution < 1.29 is 8.42 Å². The van der Waals surface area contributed by atoms with Gasteiger partial charge in [-0.15, -0.1) is 0 Å². The molecule has 6 heteroatoms. The Kier molecular flexibility index (Phi) is 5.50. The molecule has 0 heterocycles. The summed E-state index contributed by atoms with van der Waals surface area (Å²) in [7, 11) is -1.80. The van der Waals surface area contributed by atoms with Crippen LogP contribution in [-0.2, 0) is 10.0 Å². The molecule has 106 valence electrons. The van der Waals surface area contributed by atoms with E-state index in [1.54, 1.807) is 0 Å². The summed E-state index contributed by atoms with van der Waals surface area (Å²) in [6.07, 6.45) is 0.259. The Hall–Kier alpha value is -1.40. The standard InChI is InChI=1S/C13H21N3O2S/c1-11(12-6-4-3-5-7-12)10-19(17,18)16(2)9-8-13(14)15/h3-7,11H,8-10H2,1-2H3,(H3,14,15). The molecule has 1 aromatic carbocycles. The van der Waals surface area contributed by atoms with Crippen LogP contribution in [0.4, 0.5) is 0 Å². The van der Waals surface area contributed by atoms with Gasteiger partial charge in [-0.1, -0.05) is 37.3 Å². The first kappa shape index (κ1) is 15.7. The fraction of sp³-hybridized carbons (Fsp3) is 0.462. The van der Waals surface area contributed by atoms with E-state index in [0.29, 0.717) is 0 Å². The molecule has 5 nitrogen and oxygen atoms in total. The molecule has 1 unspecified atom stereocenters. The van der Waals surface area contributed by atoms with E-state index in [2.05, 4.69) is 0 Å². The second-order valence-corrected chi connectivity index (χ2v) is 6.81. The SMILES string of the molecule is CC(CS(=O)(=O)N(C)CCC(=N)N)c1ccccc1. The molecule has 1 aromatic rings. The lowest BCUT2D eigenvalue weighted by molar-refractivity contribution is 0.474. The van der Waals surface area contributed by atoms with Crippen molar-refractivity contribution in [2.45, 2.75) is 19.3 Å². The quantitative estimate of drug-likeness (QED) is 0.585.